The number of Topliss-reactive ketones (excluding diaryl/α,β-unsaturated/α-hetero) is 1. The molecule has 0 spiro atoms. The number of methoxy groups -OCH3 is 2. The van der Waals surface area contributed by atoms with E-state index in [0.29, 0.717) is 23.9 Å². The number of aliphatic hydroxyl groups is 2. The number of aromatic nitrogens is 1. The number of benzene rings is 3. The van der Waals surface area contributed by atoms with Crippen LogP contribution in [0.3, 0.4) is 0 Å². The highest BCUT2D eigenvalue weighted by Crippen LogP contribution is 2.53. The first-order valence-corrected chi connectivity index (χ1v) is 29.1. The molecule has 22 nitrogen and oxygen atoms in total. The number of aromatic hydroxyl groups is 3. The van der Waals surface area contributed by atoms with E-state index in [1.807, 2.05) is 0 Å². The van der Waals surface area contributed by atoms with Crippen LogP contribution in [0.25, 0.3) is 21.7 Å². The van der Waals surface area contributed by atoms with Crippen molar-refractivity contribution in [2.75, 3.05) is 63.7 Å². The van der Waals surface area contributed by atoms with Crippen LogP contribution in [0.2, 0.25) is 0 Å². The second-order valence-corrected chi connectivity index (χ2v) is 23.9. The van der Waals surface area contributed by atoms with Gasteiger partial charge in [-0.2, -0.15) is 5.10 Å². The number of rotatable bonds is 9. The van der Waals surface area contributed by atoms with Crippen molar-refractivity contribution in [3.8, 4) is 23.0 Å². The molecular formula is C63H77FN6O16. The first kappa shape index (κ1) is 62.5. The largest absolute Gasteiger partial charge is 0.507 e. The number of carboxylic acids is 1. The molecule has 462 valence electrons. The number of fused-ring (bicyclic) bond motifs is 15. The Bertz CT molecular complexity index is 3580. The maximum atomic E-state index is 16.1. The monoisotopic (exact) mass is 1190 g/mol. The number of nitrogens with one attached hydrogen (secondary N) is 1. The first-order chi connectivity index (χ1) is 40.7. The minimum absolute atomic E-state index is 0.0423. The van der Waals surface area contributed by atoms with Gasteiger partial charge in [-0.15, -0.1) is 0 Å². The molecule has 10 rings (SSSR count). The number of anilines is 2. The van der Waals surface area contributed by atoms with Crippen molar-refractivity contribution in [3.05, 3.63) is 92.3 Å². The molecule has 5 heterocycles. The number of phenols is 3. The lowest BCUT2D eigenvalue weighted by atomic mass is 9.78. The van der Waals surface area contributed by atoms with E-state index in [9.17, 15) is 59.4 Å². The van der Waals surface area contributed by atoms with Gasteiger partial charge >= 0.3 is 11.9 Å². The molecule has 0 unspecified atom stereocenters. The minimum atomic E-state index is -1.64. The van der Waals surface area contributed by atoms with Gasteiger partial charge in [0.15, 0.2) is 22.9 Å². The molecule has 4 aromatic rings. The van der Waals surface area contributed by atoms with Crippen molar-refractivity contribution in [2.45, 2.75) is 124 Å². The smallest absolute Gasteiger partial charge is 0.341 e. The van der Waals surface area contributed by atoms with E-state index in [4.69, 9.17) is 18.9 Å². The summed E-state index contributed by atoms with van der Waals surface area (Å²) in [7, 11) is 2.81. The van der Waals surface area contributed by atoms with Gasteiger partial charge in [-0.1, -0.05) is 45.9 Å². The summed E-state index contributed by atoms with van der Waals surface area (Å²) in [5.41, 5.74) is -2.41. The number of ether oxygens (including phenoxy) is 4. The van der Waals surface area contributed by atoms with E-state index < -0.39 is 117 Å². The molecule has 86 heavy (non-hydrogen) atoms. The van der Waals surface area contributed by atoms with Gasteiger partial charge in [0, 0.05) is 118 Å². The molecule has 1 saturated carbocycles. The molecule has 2 amide bonds. The van der Waals surface area contributed by atoms with Crippen molar-refractivity contribution in [2.24, 2.45) is 34.7 Å². The maximum absolute atomic E-state index is 16.1. The SMILES string of the molecule is COc1c(N2CCN(C(=O)C3CCN(N=Cc4c5c(O)c6c(O)c(C)c7c(c6c4O)C(=O)[C@](C)(C7)OC=C[C@H](OC)[C@@H](C)[C@@H](OC(C)=O)[C@H](C)[C@H](O)[C@H](C)[C@@H](O)[C@@H](C)C=CC=C(C)C(=O)N5)CC3)CC2)c(F)cc2c(=O)c(C(=O)O)cn(C3CC3)c12. The van der Waals surface area contributed by atoms with Crippen molar-refractivity contribution >= 4 is 68.8 Å². The molecule has 3 aromatic carbocycles. The van der Waals surface area contributed by atoms with Crippen LogP contribution >= 0.6 is 0 Å². The predicted octanol–water partition coefficient (Wildman–Crippen LogP) is 6.85. The number of hydrogen-bond acceptors (Lipinski definition) is 18. The number of esters is 1. The number of allylic oxidation sites excluding steroid dienone is 2. The molecule has 7 N–H and O–H groups in total. The molecule has 2 aliphatic carbocycles. The van der Waals surface area contributed by atoms with Crippen LogP contribution < -0.4 is 20.4 Å². The van der Waals surface area contributed by atoms with E-state index in [1.165, 1.54) is 59.7 Å². The van der Waals surface area contributed by atoms with Gasteiger partial charge in [0.25, 0.3) is 5.91 Å². The number of pyridine rings is 1. The highest BCUT2D eigenvalue weighted by Gasteiger charge is 2.48. The molecule has 3 fully saturated rings. The molecule has 9 atom stereocenters. The Balaban J connectivity index is 0.991. The number of nitrogens with zero attached hydrogens (tertiary/aromatic N) is 5. The van der Waals surface area contributed by atoms with Gasteiger partial charge in [-0.3, -0.25) is 29.0 Å². The number of piperazine rings is 1. The molecule has 2 saturated heterocycles. The summed E-state index contributed by atoms with van der Waals surface area (Å²) in [5, 5.41) is 78.0. The number of carbonyl (C=O) groups is 5. The maximum Gasteiger partial charge on any atom is 0.341 e. The lowest BCUT2D eigenvalue weighted by Crippen LogP contribution is -2.51. The van der Waals surface area contributed by atoms with Gasteiger partial charge in [-0.05, 0) is 69.7 Å². The number of carbonyl (C=O) groups excluding carboxylic acids is 4. The Labute approximate surface area is 496 Å². The average molecular weight is 1190 g/mol. The van der Waals surface area contributed by atoms with Crippen molar-refractivity contribution in [3.63, 3.8) is 0 Å². The molecule has 0 radical (unpaired) electrons. The number of ketones is 1. The van der Waals surface area contributed by atoms with E-state index in [0.717, 1.165) is 18.9 Å². The third-order valence-electron chi connectivity index (χ3n) is 18.2. The summed E-state index contributed by atoms with van der Waals surface area (Å²) in [6, 6.07) is 0.991. The zero-order valence-electron chi connectivity index (χ0n) is 50.1. The molecule has 23 heteroatoms. The van der Waals surface area contributed by atoms with Crippen LogP contribution in [-0.4, -0.2) is 164 Å². The number of hydrogen-bond donors (Lipinski definition) is 7. The number of phenolic OH excluding ortho intramolecular Hbond substituents is 3. The van der Waals surface area contributed by atoms with Gasteiger partial charge in [0.1, 0.15) is 28.9 Å². The number of carboxylic acid groups (broad SMARTS) is 1. The van der Waals surface area contributed by atoms with Crippen molar-refractivity contribution in [1.29, 1.82) is 0 Å². The fourth-order valence-corrected chi connectivity index (χ4v) is 12.8. The second-order valence-electron chi connectivity index (χ2n) is 23.9. The highest BCUT2D eigenvalue weighted by atomic mass is 19.1. The fourth-order valence-electron chi connectivity index (χ4n) is 12.8. The van der Waals surface area contributed by atoms with E-state index >= 15 is 4.39 Å². The fraction of sp³-hybridized carbons (Fsp3) is 0.508. The standard InChI is InChI=1S/C63H77FN6O16/c1-30-12-11-13-31(2)60(79)66-48-41(28-65-69-19-16-37(17-20-69)61(80)68-23-21-67(22-24-68)50-43(64)26-39-49(58(50)84-10)70(38-14-15-38)29-42(54(39)75)62(81)82)55(76)46-45-40(32(3)53(74)47(46)56(48)77)27-63(8,59(45)78)85-25-18-44(83-9)33(4)57(86-36(7)71)35(6)52(73)34(5)51(30)72/h11-13,18,25-26,28-30,33-35,37-38,44,51-52,57,72-74,76-77H,14-17,19-24,27H2,1-10H3,(H,66,79)(H,81,82)/t30-,33+,34+,35+,44-,51-,52+,57+,63-/m0/s1. The molecule has 1 aromatic heterocycles. The quantitative estimate of drug-likeness (QED) is 0.0390. The summed E-state index contributed by atoms with van der Waals surface area (Å²) < 4.78 is 41.5. The van der Waals surface area contributed by atoms with E-state index in [2.05, 4.69) is 10.4 Å². The Hall–Kier alpha value is -8.02. The Morgan fingerprint density at radius 3 is 2.16 bits per heavy atom. The molecule has 4 aliphatic heterocycles. The normalized spacial score (nSPS) is 26.4. The zero-order valence-corrected chi connectivity index (χ0v) is 50.1. The van der Waals surface area contributed by atoms with Crippen LogP contribution in [0, 0.1) is 42.3 Å². The predicted molar refractivity (Wildman–Crippen MR) is 318 cm³/mol. The summed E-state index contributed by atoms with van der Waals surface area (Å²) in [5.74, 6) is -8.87. The Morgan fingerprint density at radius 2 is 1.55 bits per heavy atom. The third-order valence-corrected chi connectivity index (χ3v) is 18.2. The van der Waals surface area contributed by atoms with Crippen LogP contribution in [-0.2, 0) is 35.0 Å². The molecule has 5 bridgehead atoms. The van der Waals surface area contributed by atoms with Gasteiger partial charge in [0.2, 0.25) is 17.1 Å². The third kappa shape index (κ3) is 11.6. The summed E-state index contributed by atoms with van der Waals surface area (Å²) in [6.07, 6.45) is 8.20. The number of hydrazone groups is 1. The number of halogens is 1. The lowest BCUT2D eigenvalue weighted by molar-refractivity contribution is -0.160. The molecular weight excluding hydrogens is 1120 g/mol. The topological polar surface area (TPSA) is 300 Å². The van der Waals surface area contributed by atoms with Gasteiger partial charge in [-0.25, -0.2) is 9.18 Å². The Kier molecular flexibility index (Phi) is 18.0. The minimum Gasteiger partial charge on any atom is -0.507 e. The number of amides is 2. The number of aromatic carboxylic acids is 1. The van der Waals surface area contributed by atoms with Crippen LogP contribution in [0.15, 0.2) is 58.3 Å². The summed E-state index contributed by atoms with van der Waals surface area (Å²) in [6.45, 7) is 14.2. The lowest BCUT2D eigenvalue weighted by Gasteiger charge is -2.39. The first-order valence-electron chi connectivity index (χ1n) is 29.1. The van der Waals surface area contributed by atoms with Crippen molar-refractivity contribution in [1.82, 2.24) is 14.5 Å². The summed E-state index contributed by atoms with van der Waals surface area (Å²) in [4.78, 5) is 84.4. The van der Waals surface area contributed by atoms with Crippen LogP contribution in [0.4, 0.5) is 15.8 Å². The number of piperidine rings is 1. The van der Waals surface area contributed by atoms with Crippen molar-refractivity contribution < 1.29 is 77.9 Å². The van der Waals surface area contributed by atoms with Crippen LogP contribution in [0.5, 0.6) is 23.0 Å². The Morgan fingerprint density at radius 1 is 0.872 bits per heavy atom. The van der Waals surface area contributed by atoms with Gasteiger partial charge < -0.3 is 69.3 Å². The van der Waals surface area contributed by atoms with E-state index in [-0.39, 0.29) is 113 Å². The molecule has 6 aliphatic rings. The van der Waals surface area contributed by atoms with Gasteiger partial charge in [0.05, 0.1) is 65.4 Å². The number of aliphatic hydroxyl groups excluding tert-OH is 2. The van der Waals surface area contributed by atoms with Crippen LogP contribution in [0.1, 0.15) is 118 Å². The van der Waals surface area contributed by atoms with E-state index in [1.54, 1.807) is 72.2 Å². The average Bonchev–Trinajstić information content (AvgIpc) is 1.45. The second kappa shape index (κ2) is 24.8. The highest BCUT2D eigenvalue weighted by molar-refractivity contribution is 6.23. The summed E-state index contributed by atoms with van der Waals surface area (Å²) >= 11 is 0. The zero-order chi connectivity index (χ0) is 62.5.